The van der Waals surface area contributed by atoms with Crippen molar-refractivity contribution in [1.29, 1.82) is 0 Å². The molecule has 6 heteroatoms. The molecule has 1 aromatic heterocycles. The number of amides is 1. The third kappa shape index (κ3) is 5.91. The molecule has 34 heavy (non-hydrogen) atoms. The second kappa shape index (κ2) is 9.32. The molecule has 1 fully saturated rings. The summed E-state index contributed by atoms with van der Waals surface area (Å²) in [6.07, 6.45) is 5.80. The van der Waals surface area contributed by atoms with Crippen molar-refractivity contribution in [2.75, 3.05) is 0 Å². The zero-order valence-electron chi connectivity index (χ0n) is 21.3. The Kier molecular flexibility index (Phi) is 6.61. The summed E-state index contributed by atoms with van der Waals surface area (Å²) in [5.74, 6) is 1.50. The predicted molar refractivity (Wildman–Crippen MR) is 135 cm³/mol. The molecule has 0 spiro atoms. The first-order valence-electron chi connectivity index (χ1n) is 12.2. The number of hydrogen-bond donors (Lipinski definition) is 0. The van der Waals surface area contributed by atoms with E-state index < -0.39 is 5.60 Å². The molecule has 1 aliphatic rings. The molecular formula is C28H37N3O3. The van der Waals surface area contributed by atoms with Crippen molar-refractivity contribution in [3.8, 4) is 11.5 Å². The first-order valence-corrected chi connectivity index (χ1v) is 12.2. The first-order chi connectivity index (χ1) is 16.0. The number of aryl methyl sites for hydroxylation is 1. The molecular weight excluding hydrogens is 426 g/mol. The molecule has 0 unspecified atom stereocenters. The van der Waals surface area contributed by atoms with Crippen LogP contribution >= 0.6 is 0 Å². The Balaban J connectivity index is 1.46. The van der Waals surface area contributed by atoms with Crippen LogP contribution in [0, 0.1) is 5.41 Å². The lowest BCUT2D eigenvalue weighted by Gasteiger charge is -2.40. The maximum atomic E-state index is 13.1. The topological polar surface area (TPSA) is 56.6 Å². The Labute approximate surface area is 202 Å². The van der Waals surface area contributed by atoms with Crippen LogP contribution in [-0.4, -0.2) is 32.2 Å². The van der Waals surface area contributed by atoms with E-state index in [9.17, 15) is 4.79 Å². The molecule has 0 bridgehead atoms. The van der Waals surface area contributed by atoms with Gasteiger partial charge in [0, 0.05) is 25.7 Å². The number of ether oxygens (including phenoxy) is 2. The summed E-state index contributed by atoms with van der Waals surface area (Å²) in [5.41, 5.74) is 2.85. The van der Waals surface area contributed by atoms with E-state index in [0.717, 1.165) is 53.8 Å². The number of aromatic nitrogens is 2. The second-order valence-corrected chi connectivity index (χ2v) is 11.3. The van der Waals surface area contributed by atoms with Crippen LogP contribution in [0.15, 0.2) is 48.8 Å². The maximum absolute atomic E-state index is 13.1. The number of rotatable bonds is 5. The summed E-state index contributed by atoms with van der Waals surface area (Å²) in [5, 5.41) is 0. The van der Waals surface area contributed by atoms with Gasteiger partial charge in [0.15, 0.2) is 0 Å². The van der Waals surface area contributed by atoms with Gasteiger partial charge >= 0.3 is 6.09 Å². The highest BCUT2D eigenvalue weighted by atomic mass is 16.6. The molecule has 0 atom stereocenters. The van der Waals surface area contributed by atoms with E-state index in [0.29, 0.717) is 12.0 Å². The zero-order valence-corrected chi connectivity index (χ0v) is 21.3. The van der Waals surface area contributed by atoms with Gasteiger partial charge in [0.25, 0.3) is 0 Å². The number of hydrogen-bond acceptors (Lipinski definition) is 4. The van der Waals surface area contributed by atoms with Gasteiger partial charge in [-0.2, -0.15) is 0 Å². The van der Waals surface area contributed by atoms with Crippen LogP contribution in [0.4, 0.5) is 4.79 Å². The van der Waals surface area contributed by atoms with E-state index in [1.807, 2.05) is 79.8 Å². The van der Waals surface area contributed by atoms with Gasteiger partial charge in [-0.25, -0.2) is 9.78 Å². The number of carbonyl (C=O) groups is 1. The van der Waals surface area contributed by atoms with Crippen LogP contribution in [0.2, 0.25) is 0 Å². The summed E-state index contributed by atoms with van der Waals surface area (Å²) < 4.78 is 13.8. The smallest absolute Gasteiger partial charge is 0.410 e. The van der Waals surface area contributed by atoms with Gasteiger partial charge in [-0.05, 0) is 81.7 Å². The number of imidazole rings is 1. The molecule has 182 valence electrons. The highest BCUT2D eigenvalue weighted by molar-refractivity contribution is 5.77. The Morgan fingerprint density at radius 3 is 2.38 bits per heavy atom. The van der Waals surface area contributed by atoms with Crippen molar-refractivity contribution in [3.63, 3.8) is 0 Å². The summed E-state index contributed by atoms with van der Waals surface area (Å²) in [6.45, 7) is 10.9. The summed E-state index contributed by atoms with van der Waals surface area (Å²) in [7, 11) is 1.98. The van der Waals surface area contributed by atoms with E-state index in [1.54, 1.807) is 6.33 Å². The lowest BCUT2D eigenvalue weighted by Crippen LogP contribution is -2.45. The van der Waals surface area contributed by atoms with Crippen molar-refractivity contribution in [1.82, 2.24) is 14.5 Å². The molecule has 1 amide bonds. The van der Waals surface area contributed by atoms with Crippen molar-refractivity contribution in [2.24, 2.45) is 12.5 Å². The summed E-state index contributed by atoms with van der Waals surface area (Å²) >= 11 is 0. The minimum atomic E-state index is -0.518. The first kappa shape index (κ1) is 24.1. The van der Waals surface area contributed by atoms with Gasteiger partial charge in [0.2, 0.25) is 0 Å². The highest BCUT2D eigenvalue weighted by Gasteiger charge is 2.34. The van der Waals surface area contributed by atoms with Crippen LogP contribution in [-0.2, 0) is 18.3 Å². The Morgan fingerprint density at radius 1 is 1.09 bits per heavy atom. The Hall–Kier alpha value is -3.02. The normalized spacial score (nSPS) is 16.4. The van der Waals surface area contributed by atoms with Crippen molar-refractivity contribution >= 4 is 17.1 Å². The molecule has 0 saturated heterocycles. The monoisotopic (exact) mass is 463 g/mol. The van der Waals surface area contributed by atoms with E-state index in [4.69, 9.17) is 9.47 Å². The molecule has 0 N–H and O–H groups in total. The lowest BCUT2D eigenvalue weighted by molar-refractivity contribution is 0.00491. The molecule has 1 aliphatic carbocycles. The van der Waals surface area contributed by atoms with E-state index in [1.165, 1.54) is 0 Å². The predicted octanol–water partition coefficient (Wildman–Crippen LogP) is 7.07. The highest BCUT2D eigenvalue weighted by Crippen LogP contribution is 2.38. The minimum absolute atomic E-state index is 0.198. The average molecular weight is 464 g/mol. The fourth-order valence-corrected chi connectivity index (χ4v) is 4.53. The van der Waals surface area contributed by atoms with Crippen molar-refractivity contribution in [2.45, 2.75) is 78.5 Å². The van der Waals surface area contributed by atoms with Gasteiger partial charge in [-0.1, -0.05) is 26.0 Å². The quantitative estimate of drug-likeness (QED) is 0.406. The fourth-order valence-electron chi connectivity index (χ4n) is 4.53. The van der Waals surface area contributed by atoms with Gasteiger partial charge in [-0.15, -0.1) is 0 Å². The molecule has 3 aromatic rings. The maximum Gasteiger partial charge on any atom is 0.410 e. The minimum Gasteiger partial charge on any atom is -0.457 e. The third-order valence-electron chi connectivity index (χ3n) is 6.59. The molecule has 0 radical (unpaired) electrons. The van der Waals surface area contributed by atoms with Crippen LogP contribution in [0.3, 0.4) is 0 Å². The molecule has 6 nitrogen and oxygen atoms in total. The summed E-state index contributed by atoms with van der Waals surface area (Å²) in [6, 6.07) is 14.1. The average Bonchev–Trinajstić information content (AvgIpc) is 3.12. The van der Waals surface area contributed by atoms with Crippen LogP contribution in [0.25, 0.3) is 11.0 Å². The van der Waals surface area contributed by atoms with Crippen molar-refractivity contribution in [3.05, 3.63) is 54.4 Å². The molecule has 0 aliphatic heterocycles. The zero-order chi connectivity index (χ0) is 24.5. The third-order valence-corrected chi connectivity index (χ3v) is 6.59. The van der Waals surface area contributed by atoms with Crippen LogP contribution < -0.4 is 4.74 Å². The molecule has 1 saturated carbocycles. The standard InChI is InChI=1S/C28H37N3O3/c1-27(2,3)34-26(32)31(21-13-15-28(4,5)16-14-21)18-20-7-9-22(10-8-20)33-23-11-12-25-24(17-23)29-19-30(25)6/h7-12,17,19,21H,13-16,18H2,1-6H3. The fraction of sp³-hybridized carbons (Fsp3) is 0.500. The van der Waals surface area contributed by atoms with E-state index in [-0.39, 0.29) is 12.1 Å². The number of nitrogens with zero attached hydrogens (tertiary/aromatic N) is 3. The largest absolute Gasteiger partial charge is 0.457 e. The molecule has 4 rings (SSSR count). The van der Waals surface area contributed by atoms with Crippen LogP contribution in [0.1, 0.15) is 65.9 Å². The SMILES string of the molecule is Cn1cnc2cc(Oc3ccc(CN(C(=O)OC(C)(C)C)C4CCC(C)(C)CC4)cc3)ccc21. The Bertz CT molecular complexity index is 1130. The number of fused-ring (bicyclic) bond motifs is 1. The lowest BCUT2D eigenvalue weighted by atomic mass is 9.75. The van der Waals surface area contributed by atoms with Gasteiger partial charge < -0.3 is 18.9 Å². The van der Waals surface area contributed by atoms with E-state index in [2.05, 4.69) is 18.8 Å². The number of carbonyl (C=O) groups excluding carboxylic acids is 1. The Morgan fingerprint density at radius 2 is 1.74 bits per heavy atom. The van der Waals surface area contributed by atoms with Crippen molar-refractivity contribution < 1.29 is 14.3 Å². The number of benzene rings is 2. The van der Waals surface area contributed by atoms with E-state index >= 15 is 0 Å². The summed E-state index contributed by atoms with van der Waals surface area (Å²) in [4.78, 5) is 19.4. The van der Waals surface area contributed by atoms with Gasteiger partial charge in [0.05, 0.1) is 17.4 Å². The van der Waals surface area contributed by atoms with Gasteiger partial charge in [-0.3, -0.25) is 0 Å². The van der Waals surface area contributed by atoms with Crippen LogP contribution in [0.5, 0.6) is 11.5 Å². The molecule has 1 heterocycles. The van der Waals surface area contributed by atoms with Gasteiger partial charge in [0.1, 0.15) is 17.1 Å². The molecule has 2 aromatic carbocycles. The second-order valence-electron chi connectivity index (χ2n) is 11.3.